The Morgan fingerprint density at radius 2 is 1.86 bits per heavy atom. The predicted molar refractivity (Wildman–Crippen MR) is 59.3 cm³/mol. The minimum absolute atomic E-state index is 0.164. The quantitative estimate of drug-likeness (QED) is 0.744. The fourth-order valence-electron chi connectivity index (χ4n) is 1.55. The molecule has 0 fully saturated rings. The first-order valence-corrected chi connectivity index (χ1v) is 5.13. The van der Waals surface area contributed by atoms with Gasteiger partial charge in [0.2, 0.25) is 0 Å². The minimum Gasteiger partial charge on any atom is -0.395 e. The Morgan fingerprint density at radius 1 is 1.21 bits per heavy atom. The Morgan fingerprint density at radius 3 is 2.36 bits per heavy atom. The van der Waals surface area contributed by atoms with Crippen LogP contribution in [-0.2, 0) is 6.42 Å². The van der Waals surface area contributed by atoms with E-state index in [9.17, 15) is 5.11 Å². The maximum Gasteiger partial charge on any atom is 0.0587 e. The zero-order chi connectivity index (χ0) is 10.4. The van der Waals surface area contributed by atoms with Crippen LogP contribution >= 0.6 is 0 Å². The molecule has 1 aromatic rings. The van der Waals surface area contributed by atoms with Crippen molar-refractivity contribution < 1.29 is 5.11 Å². The van der Waals surface area contributed by atoms with Gasteiger partial charge in [0, 0.05) is 12.1 Å². The number of hydrogen-bond donors (Lipinski definition) is 2. The van der Waals surface area contributed by atoms with Crippen LogP contribution in [0.2, 0.25) is 0 Å². The van der Waals surface area contributed by atoms with Crippen molar-refractivity contribution in [3.63, 3.8) is 0 Å². The molecule has 1 unspecified atom stereocenters. The molecule has 0 aliphatic rings. The third-order valence-corrected chi connectivity index (χ3v) is 2.11. The number of hydrogen-bond acceptors (Lipinski definition) is 2. The smallest absolute Gasteiger partial charge is 0.0587 e. The number of benzene rings is 1. The zero-order valence-electron chi connectivity index (χ0n) is 8.90. The molecule has 0 heterocycles. The van der Waals surface area contributed by atoms with Gasteiger partial charge in [-0.05, 0) is 12.0 Å². The average molecular weight is 193 g/mol. The largest absolute Gasteiger partial charge is 0.395 e. The number of nitrogens with one attached hydrogen (secondary N) is 1. The van der Waals surface area contributed by atoms with E-state index in [1.54, 1.807) is 0 Å². The third kappa shape index (κ3) is 3.90. The van der Waals surface area contributed by atoms with Gasteiger partial charge in [0.25, 0.3) is 0 Å². The molecular weight excluding hydrogens is 174 g/mol. The van der Waals surface area contributed by atoms with E-state index in [-0.39, 0.29) is 12.6 Å². The van der Waals surface area contributed by atoms with Crippen molar-refractivity contribution in [3.8, 4) is 0 Å². The monoisotopic (exact) mass is 193 g/mol. The molecule has 1 rings (SSSR count). The summed E-state index contributed by atoms with van der Waals surface area (Å²) >= 11 is 0. The van der Waals surface area contributed by atoms with Gasteiger partial charge in [-0.15, -0.1) is 0 Å². The molecule has 0 bridgehead atoms. The SMILES string of the molecule is CC(C)NC(CO)Cc1ccccc1. The number of aliphatic hydroxyl groups is 1. The molecule has 0 radical (unpaired) electrons. The highest BCUT2D eigenvalue weighted by molar-refractivity contribution is 5.15. The van der Waals surface area contributed by atoms with Crippen LogP contribution in [0.15, 0.2) is 30.3 Å². The molecule has 0 saturated heterocycles. The molecular formula is C12H19NO. The summed E-state index contributed by atoms with van der Waals surface area (Å²) in [6.45, 7) is 4.37. The summed E-state index contributed by atoms with van der Waals surface area (Å²) in [5.41, 5.74) is 1.26. The Labute approximate surface area is 86.0 Å². The second-order valence-corrected chi connectivity index (χ2v) is 3.89. The fraction of sp³-hybridized carbons (Fsp3) is 0.500. The van der Waals surface area contributed by atoms with Crippen molar-refractivity contribution in [3.05, 3.63) is 35.9 Å². The first-order valence-electron chi connectivity index (χ1n) is 5.13. The lowest BCUT2D eigenvalue weighted by Gasteiger charge is -2.18. The molecule has 14 heavy (non-hydrogen) atoms. The van der Waals surface area contributed by atoms with Gasteiger partial charge in [-0.2, -0.15) is 0 Å². The highest BCUT2D eigenvalue weighted by Crippen LogP contribution is 2.03. The summed E-state index contributed by atoms with van der Waals surface area (Å²) < 4.78 is 0. The van der Waals surface area contributed by atoms with Gasteiger partial charge in [0.05, 0.1) is 6.61 Å². The predicted octanol–water partition coefficient (Wildman–Crippen LogP) is 1.59. The summed E-state index contributed by atoms with van der Waals surface area (Å²) in [6.07, 6.45) is 0.884. The van der Waals surface area contributed by atoms with Crippen LogP contribution in [0.5, 0.6) is 0 Å². The summed E-state index contributed by atoms with van der Waals surface area (Å²) in [5, 5.41) is 12.5. The Hall–Kier alpha value is -0.860. The molecule has 0 aromatic heterocycles. The standard InChI is InChI=1S/C12H19NO/c1-10(2)13-12(9-14)8-11-6-4-3-5-7-11/h3-7,10,12-14H,8-9H2,1-2H3. The molecule has 0 aliphatic heterocycles. The lowest BCUT2D eigenvalue weighted by molar-refractivity contribution is 0.234. The second kappa shape index (κ2) is 5.78. The van der Waals surface area contributed by atoms with Gasteiger partial charge in [-0.25, -0.2) is 0 Å². The number of rotatable bonds is 5. The van der Waals surface area contributed by atoms with Crippen LogP contribution in [0.1, 0.15) is 19.4 Å². The Bertz CT molecular complexity index is 246. The van der Waals surface area contributed by atoms with Gasteiger partial charge in [0.1, 0.15) is 0 Å². The molecule has 2 N–H and O–H groups in total. The lowest BCUT2D eigenvalue weighted by atomic mass is 10.1. The molecule has 78 valence electrons. The summed E-state index contributed by atoms with van der Waals surface area (Å²) in [4.78, 5) is 0. The van der Waals surface area contributed by atoms with E-state index in [0.717, 1.165) is 6.42 Å². The third-order valence-electron chi connectivity index (χ3n) is 2.11. The van der Waals surface area contributed by atoms with Crippen molar-refractivity contribution in [2.75, 3.05) is 6.61 Å². The topological polar surface area (TPSA) is 32.3 Å². The second-order valence-electron chi connectivity index (χ2n) is 3.89. The van der Waals surface area contributed by atoms with Gasteiger partial charge < -0.3 is 10.4 Å². The van der Waals surface area contributed by atoms with Gasteiger partial charge >= 0.3 is 0 Å². The maximum atomic E-state index is 9.17. The summed E-state index contributed by atoms with van der Waals surface area (Å²) in [7, 11) is 0. The first-order chi connectivity index (χ1) is 6.72. The minimum atomic E-state index is 0.164. The van der Waals surface area contributed by atoms with Crippen LogP contribution in [0.3, 0.4) is 0 Å². The highest BCUT2D eigenvalue weighted by Gasteiger charge is 2.08. The highest BCUT2D eigenvalue weighted by atomic mass is 16.3. The van der Waals surface area contributed by atoms with E-state index in [1.807, 2.05) is 18.2 Å². The molecule has 0 saturated carbocycles. The van der Waals surface area contributed by atoms with Crippen LogP contribution in [-0.4, -0.2) is 23.8 Å². The summed E-state index contributed by atoms with van der Waals surface area (Å²) in [6, 6.07) is 10.8. The van der Waals surface area contributed by atoms with E-state index in [1.165, 1.54) is 5.56 Å². The van der Waals surface area contributed by atoms with Crippen molar-refractivity contribution in [1.29, 1.82) is 0 Å². The fourth-order valence-corrected chi connectivity index (χ4v) is 1.55. The molecule has 2 nitrogen and oxygen atoms in total. The van der Waals surface area contributed by atoms with Gasteiger partial charge in [0.15, 0.2) is 0 Å². The average Bonchev–Trinajstić information content (AvgIpc) is 2.17. The molecule has 1 atom stereocenters. The van der Waals surface area contributed by atoms with Crippen LogP contribution in [0.25, 0.3) is 0 Å². The maximum absolute atomic E-state index is 9.17. The van der Waals surface area contributed by atoms with Crippen LogP contribution in [0, 0.1) is 0 Å². The number of aliphatic hydroxyl groups excluding tert-OH is 1. The van der Waals surface area contributed by atoms with E-state index < -0.39 is 0 Å². The van der Waals surface area contributed by atoms with Gasteiger partial charge in [-0.3, -0.25) is 0 Å². The Kier molecular flexibility index (Phi) is 4.63. The van der Waals surface area contributed by atoms with Crippen LogP contribution in [0.4, 0.5) is 0 Å². The molecule has 1 aromatic carbocycles. The van der Waals surface area contributed by atoms with Crippen LogP contribution < -0.4 is 5.32 Å². The van der Waals surface area contributed by atoms with E-state index in [4.69, 9.17) is 0 Å². The van der Waals surface area contributed by atoms with E-state index in [2.05, 4.69) is 31.3 Å². The van der Waals surface area contributed by atoms with E-state index in [0.29, 0.717) is 6.04 Å². The van der Waals surface area contributed by atoms with Gasteiger partial charge in [-0.1, -0.05) is 44.2 Å². The lowest BCUT2D eigenvalue weighted by Crippen LogP contribution is -2.39. The van der Waals surface area contributed by atoms with E-state index >= 15 is 0 Å². The molecule has 0 spiro atoms. The van der Waals surface area contributed by atoms with Crippen molar-refractivity contribution in [1.82, 2.24) is 5.32 Å². The Balaban J connectivity index is 2.48. The molecule has 0 aliphatic carbocycles. The molecule has 0 amide bonds. The summed E-state index contributed by atoms with van der Waals surface area (Å²) in [5.74, 6) is 0. The first kappa shape index (κ1) is 11.2. The zero-order valence-corrected chi connectivity index (χ0v) is 8.90. The normalized spacial score (nSPS) is 13.1. The van der Waals surface area contributed by atoms with Crippen molar-refractivity contribution in [2.24, 2.45) is 0 Å². The van der Waals surface area contributed by atoms with Crippen molar-refractivity contribution in [2.45, 2.75) is 32.4 Å². The van der Waals surface area contributed by atoms with Crippen molar-refractivity contribution >= 4 is 0 Å². The molecule has 2 heteroatoms.